The summed E-state index contributed by atoms with van der Waals surface area (Å²) in [5.74, 6) is 1.50. The highest BCUT2D eigenvalue weighted by atomic mass is 16.6. The van der Waals surface area contributed by atoms with E-state index < -0.39 is 0 Å². The Hall–Kier alpha value is -3.27. The third kappa shape index (κ3) is 2.96. The van der Waals surface area contributed by atoms with Crippen LogP contribution in [0.1, 0.15) is 36.4 Å². The Balaban J connectivity index is 1.60. The maximum atomic E-state index is 11.4. The van der Waals surface area contributed by atoms with Crippen LogP contribution in [0.25, 0.3) is 10.8 Å². The Labute approximate surface area is 170 Å². The van der Waals surface area contributed by atoms with Crippen molar-refractivity contribution in [2.75, 3.05) is 12.4 Å². The van der Waals surface area contributed by atoms with E-state index in [1.807, 2.05) is 18.2 Å². The molecule has 2 aliphatic rings. The molecule has 0 saturated carbocycles. The Morgan fingerprint density at radius 1 is 1.07 bits per heavy atom. The first-order valence-electron chi connectivity index (χ1n) is 9.97. The summed E-state index contributed by atoms with van der Waals surface area (Å²) in [6, 6.07) is 19.0. The molecule has 4 nitrogen and oxygen atoms in total. The van der Waals surface area contributed by atoms with Crippen molar-refractivity contribution in [3.05, 3.63) is 77.9 Å². The molecule has 3 aromatic rings. The SMILES string of the molecule is COc1cc(C2Nc3c(ccc4ccccc34)C3C=CCC32)ccc1OC(C)=O. The number of methoxy groups -OCH3 is 1. The van der Waals surface area contributed by atoms with Gasteiger partial charge in [0, 0.05) is 23.9 Å². The van der Waals surface area contributed by atoms with Crippen LogP contribution in [0.4, 0.5) is 5.69 Å². The van der Waals surface area contributed by atoms with Crippen LogP contribution in [0.15, 0.2) is 66.7 Å². The number of carbonyl (C=O) groups excluding carboxylic acids is 1. The molecule has 0 fully saturated rings. The number of hydrogen-bond acceptors (Lipinski definition) is 4. The first-order chi connectivity index (χ1) is 14.2. The summed E-state index contributed by atoms with van der Waals surface area (Å²) >= 11 is 0. The second-order valence-corrected chi connectivity index (χ2v) is 7.73. The molecule has 29 heavy (non-hydrogen) atoms. The number of allylic oxidation sites excluding steroid dienone is 2. The quantitative estimate of drug-likeness (QED) is 0.362. The number of hydrogen-bond donors (Lipinski definition) is 1. The summed E-state index contributed by atoms with van der Waals surface area (Å²) in [5.41, 5.74) is 3.71. The van der Waals surface area contributed by atoms with E-state index in [0.29, 0.717) is 23.3 Å². The van der Waals surface area contributed by atoms with Crippen LogP contribution in [0.5, 0.6) is 11.5 Å². The third-order valence-corrected chi connectivity index (χ3v) is 6.06. The molecule has 1 N–H and O–H groups in total. The van der Waals surface area contributed by atoms with Crippen molar-refractivity contribution in [3.63, 3.8) is 0 Å². The van der Waals surface area contributed by atoms with Crippen molar-refractivity contribution in [3.8, 4) is 11.5 Å². The van der Waals surface area contributed by atoms with Crippen LogP contribution in [-0.2, 0) is 4.79 Å². The van der Waals surface area contributed by atoms with Gasteiger partial charge in [-0.05, 0) is 41.0 Å². The van der Waals surface area contributed by atoms with Gasteiger partial charge in [0.05, 0.1) is 13.2 Å². The van der Waals surface area contributed by atoms with Crippen LogP contribution in [-0.4, -0.2) is 13.1 Å². The highest BCUT2D eigenvalue weighted by molar-refractivity contribution is 5.96. The van der Waals surface area contributed by atoms with E-state index in [9.17, 15) is 4.79 Å². The predicted octanol–water partition coefficient (Wildman–Crippen LogP) is 5.60. The Bertz CT molecular complexity index is 1130. The molecular formula is C25H23NO3. The molecule has 0 spiro atoms. The number of fused-ring (bicyclic) bond motifs is 5. The van der Waals surface area contributed by atoms with Crippen molar-refractivity contribution >= 4 is 22.4 Å². The molecule has 3 atom stereocenters. The van der Waals surface area contributed by atoms with Gasteiger partial charge in [-0.15, -0.1) is 0 Å². The molecular weight excluding hydrogens is 362 g/mol. The molecule has 0 amide bonds. The fourth-order valence-electron chi connectivity index (χ4n) is 4.79. The molecule has 1 aliphatic heterocycles. The van der Waals surface area contributed by atoms with E-state index in [1.54, 1.807) is 7.11 Å². The average molecular weight is 385 g/mol. The number of esters is 1. The van der Waals surface area contributed by atoms with Gasteiger partial charge in [0.15, 0.2) is 11.5 Å². The highest BCUT2D eigenvalue weighted by Crippen LogP contribution is 2.52. The monoisotopic (exact) mass is 385 g/mol. The standard InChI is InChI=1S/C25H23NO3/c1-15(27)29-22-13-11-17(14-23(22)28-2)24-20-9-5-8-19(20)21-12-10-16-6-3-4-7-18(16)25(21)26-24/h3-8,10-14,19-20,24,26H,9H2,1-2H3. The number of benzene rings is 3. The zero-order chi connectivity index (χ0) is 20.0. The van der Waals surface area contributed by atoms with Gasteiger partial charge in [-0.25, -0.2) is 0 Å². The lowest BCUT2D eigenvalue weighted by Crippen LogP contribution is -2.29. The maximum absolute atomic E-state index is 11.4. The number of carbonyl (C=O) groups is 1. The Morgan fingerprint density at radius 2 is 1.93 bits per heavy atom. The van der Waals surface area contributed by atoms with Gasteiger partial charge < -0.3 is 14.8 Å². The van der Waals surface area contributed by atoms with Crippen LogP contribution in [0, 0.1) is 5.92 Å². The lowest BCUT2D eigenvalue weighted by atomic mass is 9.76. The normalized spacial score (nSPS) is 21.9. The van der Waals surface area contributed by atoms with Gasteiger partial charge in [0.25, 0.3) is 0 Å². The Morgan fingerprint density at radius 3 is 2.76 bits per heavy atom. The van der Waals surface area contributed by atoms with Gasteiger partial charge >= 0.3 is 5.97 Å². The zero-order valence-electron chi connectivity index (χ0n) is 16.5. The summed E-state index contributed by atoms with van der Waals surface area (Å²) < 4.78 is 10.8. The van der Waals surface area contributed by atoms with Gasteiger partial charge in [-0.2, -0.15) is 0 Å². The molecule has 0 aromatic heterocycles. The molecule has 0 radical (unpaired) electrons. The van der Waals surface area contributed by atoms with Gasteiger partial charge in [0.2, 0.25) is 0 Å². The van der Waals surface area contributed by atoms with Crippen molar-refractivity contribution in [1.82, 2.24) is 0 Å². The molecule has 5 rings (SSSR count). The Kier molecular flexibility index (Phi) is 4.27. The van der Waals surface area contributed by atoms with Crippen molar-refractivity contribution in [2.45, 2.75) is 25.3 Å². The molecule has 4 heteroatoms. The fourth-order valence-corrected chi connectivity index (χ4v) is 4.79. The van der Waals surface area contributed by atoms with E-state index in [0.717, 1.165) is 12.0 Å². The molecule has 3 unspecified atom stereocenters. The molecule has 0 saturated heterocycles. The first-order valence-corrected chi connectivity index (χ1v) is 9.97. The minimum atomic E-state index is -0.354. The molecule has 146 valence electrons. The average Bonchev–Trinajstić information content (AvgIpc) is 3.23. The summed E-state index contributed by atoms with van der Waals surface area (Å²) in [6.45, 7) is 1.40. The lowest BCUT2D eigenvalue weighted by Gasteiger charge is -2.38. The second kappa shape index (κ2) is 6.96. The first kappa shape index (κ1) is 17.8. The molecule has 1 aliphatic carbocycles. The predicted molar refractivity (Wildman–Crippen MR) is 115 cm³/mol. The highest BCUT2D eigenvalue weighted by Gasteiger charge is 2.38. The van der Waals surface area contributed by atoms with Crippen molar-refractivity contribution in [1.29, 1.82) is 0 Å². The van der Waals surface area contributed by atoms with Gasteiger partial charge in [-0.1, -0.05) is 54.6 Å². The molecule has 0 bridgehead atoms. The summed E-state index contributed by atoms with van der Waals surface area (Å²) in [5, 5.41) is 6.32. The number of nitrogens with one attached hydrogen (secondary N) is 1. The summed E-state index contributed by atoms with van der Waals surface area (Å²) in [7, 11) is 1.60. The minimum absolute atomic E-state index is 0.147. The van der Waals surface area contributed by atoms with Crippen molar-refractivity contribution < 1.29 is 14.3 Å². The second-order valence-electron chi connectivity index (χ2n) is 7.73. The van der Waals surface area contributed by atoms with E-state index in [2.05, 4.69) is 53.9 Å². The molecule has 3 aromatic carbocycles. The summed E-state index contributed by atoms with van der Waals surface area (Å²) in [4.78, 5) is 11.4. The maximum Gasteiger partial charge on any atom is 0.308 e. The third-order valence-electron chi connectivity index (χ3n) is 6.06. The smallest absolute Gasteiger partial charge is 0.308 e. The fraction of sp³-hybridized carbons (Fsp3) is 0.240. The number of rotatable bonds is 3. The van der Waals surface area contributed by atoms with E-state index in [-0.39, 0.29) is 12.0 Å². The van der Waals surface area contributed by atoms with Crippen LogP contribution < -0.4 is 14.8 Å². The van der Waals surface area contributed by atoms with Gasteiger partial charge in [-0.3, -0.25) is 4.79 Å². The van der Waals surface area contributed by atoms with E-state index >= 15 is 0 Å². The van der Waals surface area contributed by atoms with Crippen LogP contribution >= 0.6 is 0 Å². The van der Waals surface area contributed by atoms with E-state index in [4.69, 9.17) is 9.47 Å². The minimum Gasteiger partial charge on any atom is -0.493 e. The van der Waals surface area contributed by atoms with Gasteiger partial charge in [0.1, 0.15) is 0 Å². The topological polar surface area (TPSA) is 47.6 Å². The molecule has 1 heterocycles. The van der Waals surface area contributed by atoms with E-state index in [1.165, 1.54) is 28.9 Å². The number of anilines is 1. The zero-order valence-corrected chi connectivity index (χ0v) is 16.5. The largest absolute Gasteiger partial charge is 0.493 e. The lowest BCUT2D eigenvalue weighted by molar-refractivity contribution is -0.132. The van der Waals surface area contributed by atoms with Crippen LogP contribution in [0.2, 0.25) is 0 Å². The summed E-state index contributed by atoms with van der Waals surface area (Å²) in [6.07, 6.45) is 5.66. The number of ether oxygens (including phenoxy) is 2. The van der Waals surface area contributed by atoms with Crippen LogP contribution in [0.3, 0.4) is 0 Å². The van der Waals surface area contributed by atoms with Crippen molar-refractivity contribution in [2.24, 2.45) is 5.92 Å².